The number of hydrogen-bond acceptors (Lipinski definition) is 7. The average molecular weight is 546 g/mol. The number of alkyl halides is 4. The van der Waals surface area contributed by atoms with E-state index in [0.29, 0.717) is 41.5 Å². The van der Waals surface area contributed by atoms with E-state index in [4.69, 9.17) is 11.6 Å². The number of nitrogens with zero attached hydrogens (tertiary/aromatic N) is 5. The lowest BCUT2D eigenvalue weighted by Crippen LogP contribution is -2.22. The molecule has 3 heterocycles. The Labute approximate surface area is 219 Å². The van der Waals surface area contributed by atoms with Gasteiger partial charge in [0.1, 0.15) is 23.5 Å². The molecule has 4 aromatic rings. The molecule has 38 heavy (non-hydrogen) atoms. The molecule has 13 heteroatoms. The van der Waals surface area contributed by atoms with E-state index >= 15 is 0 Å². The summed E-state index contributed by atoms with van der Waals surface area (Å²) in [6.07, 6.45) is -2.33. The highest BCUT2D eigenvalue weighted by molar-refractivity contribution is 6.31. The summed E-state index contributed by atoms with van der Waals surface area (Å²) in [7, 11) is 0. The smallest absolute Gasteiger partial charge is 0.338 e. The van der Waals surface area contributed by atoms with Crippen LogP contribution in [0.3, 0.4) is 0 Å². The summed E-state index contributed by atoms with van der Waals surface area (Å²) in [5.74, 6) is 0.0971. The van der Waals surface area contributed by atoms with Crippen LogP contribution in [0.4, 0.5) is 40.7 Å². The lowest BCUT2D eigenvalue weighted by atomic mass is 10.1. The van der Waals surface area contributed by atoms with Crippen LogP contribution >= 0.6 is 11.6 Å². The molecule has 196 valence electrons. The molecule has 2 aromatic heterocycles. The van der Waals surface area contributed by atoms with E-state index in [2.05, 4.69) is 30.6 Å². The van der Waals surface area contributed by atoms with Gasteiger partial charge in [-0.15, -0.1) is 0 Å². The third kappa shape index (κ3) is 5.30. The van der Waals surface area contributed by atoms with Crippen LogP contribution in [0.5, 0.6) is 0 Å². The van der Waals surface area contributed by atoms with Crippen LogP contribution in [-0.2, 0) is 6.18 Å². The standard InChI is InChI=1S/C25H20ClF4N7O/c1-13-2-3-14(23(38)34-16-4-5-18(26)17(9-16)25(28,29)30)8-19(13)35-22-21-20(32-12-33-22)10-31-24(36-21)37-7-6-15(27)11-37/h2-5,8-10,12,15H,6-7,11H2,1H3,(H,34,38)(H,32,33,35). The number of aromatic nitrogens is 4. The van der Waals surface area contributed by atoms with Crippen molar-refractivity contribution in [3.8, 4) is 0 Å². The molecule has 1 aliphatic heterocycles. The second-order valence-electron chi connectivity index (χ2n) is 8.76. The predicted molar refractivity (Wildman–Crippen MR) is 136 cm³/mol. The normalized spacial score (nSPS) is 15.6. The van der Waals surface area contributed by atoms with E-state index < -0.39 is 28.8 Å². The lowest BCUT2D eigenvalue weighted by molar-refractivity contribution is -0.137. The summed E-state index contributed by atoms with van der Waals surface area (Å²) in [6.45, 7) is 2.52. The maximum atomic E-state index is 13.7. The zero-order chi connectivity index (χ0) is 27.0. The first-order valence-corrected chi connectivity index (χ1v) is 11.9. The van der Waals surface area contributed by atoms with Crippen LogP contribution in [-0.4, -0.2) is 45.1 Å². The van der Waals surface area contributed by atoms with E-state index in [0.717, 1.165) is 17.7 Å². The van der Waals surface area contributed by atoms with E-state index in [1.807, 2.05) is 6.92 Å². The van der Waals surface area contributed by atoms with Gasteiger partial charge in [0.15, 0.2) is 5.82 Å². The lowest BCUT2D eigenvalue weighted by Gasteiger charge is -2.16. The Balaban J connectivity index is 1.41. The van der Waals surface area contributed by atoms with Gasteiger partial charge in [0.2, 0.25) is 5.95 Å². The number of anilines is 4. The van der Waals surface area contributed by atoms with Gasteiger partial charge in [-0.05, 0) is 49.2 Å². The predicted octanol–water partition coefficient (Wildman–Crippen LogP) is 5.94. The van der Waals surface area contributed by atoms with E-state index in [1.54, 1.807) is 23.1 Å². The average Bonchev–Trinajstić information content (AvgIpc) is 3.32. The van der Waals surface area contributed by atoms with Crippen LogP contribution in [0.25, 0.3) is 11.0 Å². The molecule has 0 spiro atoms. The number of carbonyl (C=O) groups is 1. The van der Waals surface area contributed by atoms with E-state index in [9.17, 15) is 22.4 Å². The topological polar surface area (TPSA) is 95.9 Å². The number of benzene rings is 2. The van der Waals surface area contributed by atoms with Crippen molar-refractivity contribution in [1.82, 2.24) is 19.9 Å². The molecule has 0 bridgehead atoms. The summed E-state index contributed by atoms with van der Waals surface area (Å²) in [5, 5.41) is 5.17. The monoisotopic (exact) mass is 545 g/mol. The zero-order valence-corrected chi connectivity index (χ0v) is 20.6. The molecule has 0 aliphatic carbocycles. The Morgan fingerprint density at radius 1 is 1.13 bits per heavy atom. The molecule has 1 saturated heterocycles. The minimum Gasteiger partial charge on any atom is -0.338 e. The summed E-state index contributed by atoms with van der Waals surface area (Å²) < 4.78 is 53.3. The van der Waals surface area contributed by atoms with Crippen molar-refractivity contribution in [2.45, 2.75) is 25.7 Å². The Kier molecular flexibility index (Phi) is 6.74. The van der Waals surface area contributed by atoms with Gasteiger partial charge in [-0.3, -0.25) is 4.79 Å². The molecule has 5 rings (SSSR count). The molecular weight excluding hydrogens is 526 g/mol. The number of halogens is 5. The number of amides is 1. The molecule has 1 amide bonds. The van der Waals surface area contributed by atoms with Gasteiger partial charge in [0.05, 0.1) is 23.3 Å². The molecule has 2 aromatic carbocycles. The first-order chi connectivity index (χ1) is 18.1. The fourth-order valence-corrected chi connectivity index (χ4v) is 4.26. The Bertz CT molecular complexity index is 1530. The number of aryl methyl sites for hydroxylation is 1. The highest BCUT2D eigenvalue weighted by Gasteiger charge is 2.33. The third-order valence-corrected chi connectivity index (χ3v) is 6.39. The maximum absolute atomic E-state index is 13.7. The zero-order valence-electron chi connectivity index (χ0n) is 19.9. The largest absolute Gasteiger partial charge is 0.417 e. The number of carbonyl (C=O) groups excluding carboxylic acids is 1. The summed E-state index contributed by atoms with van der Waals surface area (Å²) in [5.41, 5.74) is 1.28. The SMILES string of the molecule is Cc1ccc(C(=O)Nc2ccc(Cl)c(C(F)(F)F)c2)cc1Nc1ncnc2cnc(N3CCC(F)C3)nc12. The van der Waals surface area contributed by atoms with Crippen molar-refractivity contribution in [3.63, 3.8) is 0 Å². The van der Waals surface area contributed by atoms with Gasteiger partial charge in [-0.1, -0.05) is 17.7 Å². The van der Waals surface area contributed by atoms with Crippen LogP contribution in [0.1, 0.15) is 27.9 Å². The Morgan fingerprint density at radius 2 is 1.95 bits per heavy atom. The van der Waals surface area contributed by atoms with Gasteiger partial charge in [-0.25, -0.2) is 24.3 Å². The summed E-state index contributed by atoms with van der Waals surface area (Å²) in [4.78, 5) is 31.9. The second-order valence-corrected chi connectivity index (χ2v) is 9.17. The fourth-order valence-electron chi connectivity index (χ4n) is 4.04. The highest BCUT2D eigenvalue weighted by atomic mass is 35.5. The highest BCUT2D eigenvalue weighted by Crippen LogP contribution is 2.36. The number of rotatable bonds is 5. The number of hydrogen-bond donors (Lipinski definition) is 2. The molecule has 1 fully saturated rings. The first kappa shape index (κ1) is 25.6. The summed E-state index contributed by atoms with van der Waals surface area (Å²) >= 11 is 5.66. The maximum Gasteiger partial charge on any atom is 0.417 e. The summed E-state index contributed by atoms with van der Waals surface area (Å²) in [6, 6.07) is 7.94. The molecule has 8 nitrogen and oxygen atoms in total. The van der Waals surface area contributed by atoms with Crippen molar-refractivity contribution in [3.05, 3.63) is 70.6 Å². The van der Waals surface area contributed by atoms with Gasteiger partial charge in [0.25, 0.3) is 5.91 Å². The quantitative estimate of drug-likeness (QED) is 0.299. The van der Waals surface area contributed by atoms with Crippen molar-refractivity contribution < 1.29 is 22.4 Å². The van der Waals surface area contributed by atoms with Gasteiger partial charge >= 0.3 is 6.18 Å². The van der Waals surface area contributed by atoms with Crippen molar-refractivity contribution in [1.29, 1.82) is 0 Å². The molecule has 1 aliphatic rings. The van der Waals surface area contributed by atoms with Gasteiger partial charge < -0.3 is 15.5 Å². The minimum atomic E-state index is -4.66. The van der Waals surface area contributed by atoms with Crippen LogP contribution < -0.4 is 15.5 Å². The molecule has 0 radical (unpaired) electrons. The van der Waals surface area contributed by atoms with Gasteiger partial charge in [0, 0.05) is 23.5 Å². The molecular formula is C25H20ClF4N7O. The Morgan fingerprint density at radius 3 is 2.68 bits per heavy atom. The third-order valence-electron chi connectivity index (χ3n) is 6.06. The van der Waals surface area contributed by atoms with Crippen molar-refractivity contribution in [2.75, 3.05) is 28.6 Å². The van der Waals surface area contributed by atoms with Crippen LogP contribution in [0, 0.1) is 6.92 Å². The van der Waals surface area contributed by atoms with Gasteiger partial charge in [-0.2, -0.15) is 13.2 Å². The van der Waals surface area contributed by atoms with Crippen molar-refractivity contribution in [2.24, 2.45) is 0 Å². The minimum absolute atomic E-state index is 0.0507. The van der Waals surface area contributed by atoms with Crippen molar-refractivity contribution >= 4 is 51.7 Å². The fraction of sp³-hybridized carbons (Fsp3) is 0.240. The Hall–Kier alpha value is -4.06. The molecule has 0 saturated carbocycles. The van der Waals surface area contributed by atoms with E-state index in [1.165, 1.54) is 18.6 Å². The second kappa shape index (κ2) is 10.0. The molecule has 1 unspecified atom stereocenters. The number of nitrogens with one attached hydrogen (secondary N) is 2. The first-order valence-electron chi connectivity index (χ1n) is 11.5. The molecule has 1 atom stereocenters. The molecule has 2 N–H and O–H groups in total. The van der Waals surface area contributed by atoms with Crippen LogP contribution in [0.2, 0.25) is 5.02 Å². The van der Waals surface area contributed by atoms with Crippen LogP contribution in [0.15, 0.2) is 48.9 Å². The number of fused-ring (bicyclic) bond motifs is 1. The van der Waals surface area contributed by atoms with E-state index in [-0.39, 0.29) is 17.8 Å².